The van der Waals surface area contributed by atoms with Crippen molar-refractivity contribution in [2.24, 2.45) is 0 Å². The van der Waals surface area contributed by atoms with E-state index >= 15 is 0 Å². The van der Waals surface area contributed by atoms with Crippen LogP contribution in [-0.4, -0.2) is 17.1 Å². The number of pyridine rings is 1. The Labute approximate surface area is 157 Å². The molecular weight excluding hydrogens is 342 g/mol. The van der Waals surface area contributed by atoms with E-state index in [0.29, 0.717) is 22.4 Å². The second-order valence-electron chi connectivity index (χ2n) is 6.69. The highest BCUT2D eigenvalue weighted by Gasteiger charge is 2.20. The maximum Gasteiger partial charge on any atom is 0.231 e. The summed E-state index contributed by atoms with van der Waals surface area (Å²) in [6.07, 6.45) is 4.92. The number of benzene rings is 2. The minimum absolute atomic E-state index is 0.146. The minimum Gasteiger partial charge on any atom is -0.454 e. The fourth-order valence-electron chi connectivity index (χ4n) is 3.42. The molecule has 138 valence electrons. The van der Waals surface area contributed by atoms with Gasteiger partial charge in [-0.1, -0.05) is 31.9 Å². The van der Waals surface area contributed by atoms with Crippen molar-refractivity contribution >= 4 is 16.7 Å². The molecule has 4 rings (SSSR count). The summed E-state index contributed by atoms with van der Waals surface area (Å²) in [6.45, 7) is 3.07. The van der Waals surface area contributed by atoms with Gasteiger partial charge in [0, 0.05) is 23.7 Å². The van der Waals surface area contributed by atoms with Crippen LogP contribution in [0.5, 0.6) is 11.5 Å². The molecule has 0 N–H and O–H groups in total. The highest BCUT2D eigenvalue weighted by Crippen LogP contribution is 2.33. The average molecular weight is 363 g/mol. The van der Waals surface area contributed by atoms with Crippen LogP contribution in [0.2, 0.25) is 0 Å². The number of ether oxygens (including phenoxy) is 2. The highest BCUT2D eigenvalue weighted by atomic mass is 16.7. The molecule has 0 atom stereocenters. The van der Waals surface area contributed by atoms with Gasteiger partial charge in [0.25, 0.3) is 0 Å². The van der Waals surface area contributed by atoms with Gasteiger partial charge in [-0.25, -0.2) is 0 Å². The largest absolute Gasteiger partial charge is 0.454 e. The first-order valence-corrected chi connectivity index (χ1v) is 9.25. The number of rotatable bonds is 6. The van der Waals surface area contributed by atoms with Crippen molar-refractivity contribution in [2.45, 2.75) is 32.7 Å². The van der Waals surface area contributed by atoms with E-state index in [9.17, 15) is 9.59 Å². The number of carbonyl (C=O) groups is 1. The molecule has 2 heterocycles. The third kappa shape index (κ3) is 3.21. The lowest BCUT2D eigenvalue weighted by molar-refractivity contribution is 0.103. The Balaban J connectivity index is 1.79. The van der Waals surface area contributed by atoms with Gasteiger partial charge in [-0.15, -0.1) is 0 Å². The lowest BCUT2D eigenvalue weighted by Gasteiger charge is -2.13. The number of para-hydroxylation sites is 1. The van der Waals surface area contributed by atoms with Gasteiger partial charge in [0.05, 0.1) is 11.1 Å². The third-order valence-electron chi connectivity index (χ3n) is 4.87. The van der Waals surface area contributed by atoms with E-state index in [0.717, 1.165) is 31.3 Å². The number of aryl methyl sites for hydroxylation is 1. The van der Waals surface area contributed by atoms with Crippen LogP contribution in [-0.2, 0) is 6.54 Å². The molecule has 1 aliphatic rings. The summed E-state index contributed by atoms with van der Waals surface area (Å²) in [5, 5.41) is 0.570. The molecular formula is C22H21NO4. The maximum atomic E-state index is 13.1. The van der Waals surface area contributed by atoms with Gasteiger partial charge in [-0.05, 0) is 36.8 Å². The van der Waals surface area contributed by atoms with Crippen LogP contribution in [0, 0.1) is 0 Å². The normalized spacial score (nSPS) is 12.5. The topological polar surface area (TPSA) is 57.5 Å². The van der Waals surface area contributed by atoms with Gasteiger partial charge in [0.2, 0.25) is 12.2 Å². The number of carbonyl (C=O) groups excluding carboxylic acids is 1. The first-order chi connectivity index (χ1) is 13.2. The van der Waals surface area contributed by atoms with Crippen LogP contribution in [0.3, 0.4) is 0 Å². The Morgan fingerprint density at radius 3 is 2.74 bits per heavy atom. The number of nitrogens with zero attached hydrogens (tertiary/aromatic N) is 1. The van der Waals surface area contributed by atoms with Gasteiger partial charge < -0.3 is 14.0 Å². The van der Waals surface area contributed by atoms with Crippen LogP contribution < -0.4 is 14.9 Å². The molecule has 2 aromatic carbocycles. The summed E-state index contributed by atoms with van der Waals surface area (Å²) in [7, 11) is 0. The van der Waals surface area contributed by atoms with Gasteiger partial charge in [0.1, 0.15) is 0 Å². The summed E-state index contributed by atoms with van der Waals surface area (Å²) in [6, 6.07) is 12.5. The molecule has 1 aliphatic heterocycles. The van der Waals surface area contributed by atoms with Crippen LogP contribution in [0.4, 0.5) is 0 Å². The zero-order chi connectivity index (χ0) is 18.8. The number of aromatic nitrogens is 1. The van der Waals surface area contributed by atoms with Crippen LogP contribution in [0.25, 0.3) is 10.9 Å². The average Bonchev–Trinajstić information content (AvgIpc) is 3.17. The molecule has 0 unspecified atom stereocenters. The Morgan fingerprint density at radius 2 is 1.89 bits per heavy atom. The van der Waals surface area contributed by atoms with Crippen LogP contribution in [0.1, 0.15) is 42.1 Å². The molecule has 3 aromatic rings. The lowest BCUT2D eigenvalue weighted by Crippen LogP contribution is -2.20. The summed E-state index contributed by atoms with van der Waals surface area (Å²) >= 11 is 0. The maximum absolute atomic E-state index is 13.1. The molecule has 0 aliphatic carbocycles. The predicted octanol–water partition coefficient (Wildman–Crippen LogP) is 4.15. The van der Waals surface area contributed by atoms with Crippen molar-refractivity contribution in [3.8, 4) is 11.5 Å². The fraction of sp³-hybridized carbons (Fsp3) is 0.273. The molecule has 1 aromatic heterocycles. The molecule has 0 fully saturated rings. The Bertz CT molecular complexity index is 1070. The van der Waals surface area contributed by atoms with E-state index in [4.69, 9.17) is 9.47 Å². The molecule has 0 spiro atoms. The van der Waals surface area contributed by atoms with Crippen molar-refractivity contribution in [3.63, 3.8) is 0 Å². The lowest BCUT2D eigenvalue weighted by atomic mass is 10.0. The Kier molecular flexibility index (Phi) is 4.67. The Hall–Kier alpha value is -3.08. The molecule has 0 amide bonds. The van der Waals surface area contributed by atoms with E-state index < -0.39 is 0 Å². The molecule has 0 radical (unpaired) electrons. The van der Waals surface area contributed by atoms with Crippen molar-refractivity contribution in [2.75, 3.05) is 6.79 Å². The van der Waals surface area contributed by atoms with Crippen molar-refractivity contribution in [3.05, 3.63) is 70.0 Å². The summed E-state index contributed by atoms with van der Waals surface area (Å²) in [5.41, 5.74) is 1.23. The zero-order valence-corrected chi connectivity index (χ0v) is 15.2. The SMILES string of the molecule is CCCCCn1cc(C(=O)c2ccc3c(c2)OCO3)c(=O)c2ccccc21. The van der Waals surface area contributed by atoms with Crippen molar-refractivity contribution in [1.29, 1.82) is 0 Å². The minimum atomic E-state index is -0.298. The van der Waals surface area contributed by atoms with E-state index in [1.54, 1.807) is 30.5 Å². The summed E-state index contributed by atoms with van der Waals surface area (Å²) in [5.74, 6) is 0.847. The molecule has 5 nitrogen and oxygen atoms in total. The first kappa shape index (κ1) is 17.3. The van der Waals surface area contributed by atoms with E-state index in [-0.39, 0.29) is 23.6 Å². The monoisotopic (exact) mass is 363 g/mol. The Morgan fingerprint density at radius 1 is 1.07 bits per heavy atom. The number of hydrogen-bond acceptors (Lipinski definition) is 4. The number of ketones is 1. The van der Waals surface area contributed by atoms with Gasteiger partial charge >= 0.3 is 0 Å². The molecule has 0 saturated carbocycles. The zero-order valence-electron chi connectivity index (χ0n) is 15.2. The van der Waals surface area contributed by atoms with Crippen LogP contribution >= 0.6 is 0 Å². The highest BCUT2D eigenvalue weighted by molar-refractivity contribution is 6.10. The van der Waals surface area contributed by atoms with E-state index in [1.807, 2.05) is 22.8 Å². The van der Waals surface area contributed by atoms with Gasteiger partial charge in [0.15, 0.2) is 17.3 Å². The quantitative estimate of drug-likeness (QED) is 0.488. The fourth-order valence-corrected chi connectivity index (χ4v) is 3.42. The number of hydrogen-bond donors (Lipinski definition) is 0. The smallest absolute Gasteiger partial charge is 0.231 e. The van der Waals surface area contributed by atoms with E-state index in [1.165, 1.54) is 0 Å². The second-order valence-corrected chi connectivity index (χ2v) is 6.69. The van der Waals surface area contributed by atoms with E-state index in [2.05, 4.69) is 6.92 Å². The predicted molar refractivity (Wildman–Crippen MR) is 104 cm³/mol. The second kappa shape index (κ2) is 7.27. The summed E-state index contributed by atoms with van der Waals surface area (Å²) < 4.78 is 12.7. The van der Waals surface area contributed by atoms with Crippen molar-refractivity contribution < 1.29 is 14.3 Å². The number of fused-ring (bicyclic) bond motifs is 2. The molecule has 0 bridgehead atoms. The standard InChI is InChI=1S/C22H21NO4/c1-2-3-6-11-23-13-17(22(25)16-7-4-5-8-18(16)23)21(24)15-9-10-19-20(12-15)27-14-26-19/h4-5,7-10,12-13H,2-3,6,11,14H2,1H3. The third-order valence-corrected chi connectivity index (χ3v) is 4.87. The molecule has 27 heavy (non-hydrogen) atoms. The molecule has 0 saturated heterocycles. The van der Waals surface area contributed by atoms with Gasteiger partial charge in [-0.3, -0.25) is 9.59 Å². The van der Waals surface area contributed by atoms with Crippen molar-refractivity contribution in [1.82, 2.24) is 4.57 Å². The molecule has 5 heteroatoms. The number of unbranched alkanes of at least 4 members (excludes halogenated alkanes) is 2. The van der Waals surface area contributed by atoms with Crippen LogP contribution in [0.15, 0.2) is 53.5 Å². The summed E-state index contributed by atoms with van der Waals surface area (Å²) in [4.78, 5) is 26.1. The van der Waals surface area contributed by atoms with Gasteiger partial charge in [-0.2, -0.15) is 0 Å². The first-order valence-electron chi connectivity index (χ1n) is 9.25.